The van der Waals surface area contributed by atoms with E-state index in [9.17, 15) is 9.59 Å². The zero-order chi connectivity index (χ0) is 19.9. The molecule has 1 atom stereocenters. The Morgan fingerprint density at radius 3 is 2.61 bits per heavy atom. The maximum atomic E-state index is 12.3. The lowest BCUT2D eigenvalue weighted by molar-refractivity contribution is -0.131. The standard InChI is InChI=1S/C21H23ClN2O4/c1-24(13-17-14-27-18-5-2-3-6-19(18)28-17)20(25)7-4-12-23-21(26)15-8-10-16(22)11-9-15/h2-3,5-6,8-11,17H,4,7,12-14H2,1H3,(H,23,26). The molecule has 3 rings (SSSR count). The van der Waals surface area contributed by atoms with E-state index >= 15 is 0 Å². The van der Waals surface area contributed by atoms with Crippen LogP contribution in [0.25, 0.3) is 0 Å². The van der Waals surface area contributed by atoms with Gasteiger partial charge in [-0.05, 0) is 42.8 Å². The van der Waals surface area contributed by atoms with Gasteiger partial charge in [-0.25, -0.2) is 0 Å². The van der Waals surface area contributed by atoms with Crippen molar-refractivity contribution in [2.75, 3.05) is 26.7 Å². The first-order chi connectivity index (χ1) is 13.5. The van der Waals surface area contributed by atoms with Gasteiger partial charge in [-0.1, -0.05) is 23.7 Å². The Morgan fingerprint density at radius 2 is 1.86 bits per heavy atom. The van der Waals surface area contributed by atoms with E-state index in [2.05, 4.69) is 5.32 Å². The summed E-state index contributed by atoms with van der Waals surface area (Å²) in [5.74, 6) is 1.25. The summed E-state index contributed by atoms with van der Waals surface area (Å²) in [6.07, 6.45) is 0.711. The van der Waals surface area contributed by atoms with Crippen molar-refractivity contribution in [1.29, 1.82) is 0 Å². The molecule has 0 bridgehead atoms. The molecule has 0 spiro atoms. The van der Waals surface area contributed by atoms with Crippen LogP contribution in [0.4, 0.5) is 0 Å². The number of benzene rings is 2. The van der Waals surface area contributed by atoms with Crippen LogP contribution in [0, 0.1) is 0 Å². The summed E-state index contributed by atoms with van der Waals surface area (Å²) >= 11 is 5.81. The Balaban J connectivity index is 1.36. The third-order valence-electron chi connectivity index (χ3n) is 4.43. The summed E-state index contributed by atoms with van der Waals surface area (Å²) < 4.78 is 11.6. The van der Waals surface area contributed by atoms with E-state index in [-0.39, 0.29) is 17.9 Å². The van der Waals surface area contributed by atoms with Crippen molar-refractivity contribution in [3.63, 3.8) is 0 Å². The Kier molecular flexibility index (Phi) is 6.76. The number of amides is 2. The van der Waals surface area contributed by atoms with Crippen molar-refractivity contribution in [3.8, 4) is 11.5 Å². The van der Waals surface area contributed by atoms with Crippen LogP contribution < -0.4 is 14.8 Å². The third kappa shape index (κ3) is 5.39. The fourth-order valence-corrected chi connectivity index (χ4v) is 3.02. The van der Waals surface area contributed by atoms with Gasteiger partial charge in [-0.3, -0.25) is 9.59 Å². The van der Waals surface area contributed by atoms with Gasteiger partial charge in [0.25, 0.3) is 5.91 Å². The van der Waals surface area contributed by atoms with E-state index in [4.69, 9.17) is 21.1 Å². The molecule has 28 heavy (non-hydrogen) atoms. The zero-order valence-electron chi connectivity index (χ0n) is 15.7. The fourth-order valence-electron chi connectivity index (χ4n) is 2.90. The van der Waals surface area contributed by atoms with Crippen molar-refractivity contribution >= 4 is 23.4 Å². The molecule has 2 amide bonds. The molecule has 2 aromatic rings. The summed E-state index contributed by atoms with van der Waals surface area (Å²) in [6, 6.07) is 14.2. The van der Waals surface area contributed by atoms with E-state index in [1.807, 2.05) is 24.3 Å². The molecule has 1 N–H and O–H groups in total. The van der Waals surface area contributed by atoms with Crippen LogP contribution in [0.15, 0.2) is 48.5 Å². The summed E-state index contributed by atoms with van der Waals surface area (Å²) in [5.41, 5.74) is 0.544. The average molecular weight is 403 g/mol. The number of rotatable bonds is 7. The molecule has 0 fully saturated rings. The monoisotopic (exact) mass is 402 g/mol. The van der Waals surface area contributed by atoms with Gasteiger partial charge in [0, 0.05) is 30.6 Å². The van der Waals surface area contributed by atoms with Gasteiger partial charge in [0.05, 0.1) is 6.54 Å². The molecule has 1 aliphatic rings. The highest BCUT2D eigenvalue weighted by atomic mass is 35.5. The SMILES string of the molecule is CN(CC1COc2ccccc2O1)C(=O)CCCNC(=O)c1ccc(Cl)cc1. The van der Waals surface area contributed by atoms with Gasteiger partial charge in [0.15, 0.2) is 17.6 Å². The van der Waals surface area contributed by atoms with Crippen LogP contribution in [-0.2, 0) is 4.79 Å². The molecule has 6 nitrogen and oxygen atoms in total. The molecule has 0 radical (unpaired) electrons. The first-order valence-electron chi connectivity index (χ1n) is 9.19. The molecule has 1 heterocycles. The first-order valence-corrected chi connectivity index (χ1v) is 9.57. The number of ether oxygens (including phenoxy) is 2. The predicted molar refractivity (Wildman–Crippen MR) is 107 cm³/mol. The third-order valence-corrected chi connectivity index (χ3v) is 4.68. The largest absolute Gasteiger partial charge is 0.486 e. The number of nitrogens with zero attached hydrogens (tertiary/aromatic N) is 1. The maximum Gasteiger partial charge on any atom is 0.251 e. The summed E-state index contributed by atoms with van der Waals surface area (Å²) in [4.78, 5) is 26.0. The second-order valence-corrected chi connectivity index (χ2v) is 7.07. The lowest BCUT2D eigenvalue weighted by Gasteiger charge is -2.29. The van der Waals surface area contributed by atoms with Gasteiger partial charge >= 0.3 is 0 Å². The van der Waals surface area contributed by atoms with Crippen molar-refractivity contribution in [2.45, 2.75) is 18.9 Å². The topological polar surface area (TPSA) is 67.9 Å². The molecule has 1 aliphatic heterocycles. The number of likely N-dealkylation sites (N-methyl/N-ethyl adjacent to an activating group) is 1. The van der Waals surface area contributed by atoms with Gasteiger partial charge in [0.1, 0.15) is 6.61 Å². The Morgan fingerprint density at radius 1 is 1.14 bits per heavy atom. The normalized spacial score (nSPS) is 15.0. The highest BCUT2D eigenvalue weighted by Crippen LogP contribution is 2.30. The number of halogens is 1. The molecular formula is C21H23ClN2O4. The van der Waals surface area contributed by atoms with Gasteiger partial charge in [-0.2, -0.15) is 0 Å². The molecule has 0 aliphatic carbocycles. The Labute approximate surface area is 169 Å². The Bertz CT molecular complexity index is 825. The summed E-state index contributed by atoms with van der Waals surface area (Å²) in [5, 5.41) is 3.39. The number of nitrogens with one attached hydrogen (secondary N) is 1. The number of carbonyl (C=O) groups excluding carboxylic acids is 2. The van der Waals surface area contributed by atoms with Gasteiger partial charge < -0.3 is 19.7 Å². The number of hydrogen-bond acceptors (Lipinski definition) is 4. The first kappa shape index (κ1) is 20.0. The van der Waals surface area contributed by atoms with Crippen molar-refractivity contribution in [2.24, 2.45) is 0 Å². The van der Waals surface area contributed by atoms with Crippen molar-refractivity contribution in [3.05, 3.63) is 59.1 Å². The van der Waals surface area contributed by atoms with Crippen molar-refractivity contribution in [1.82, 2.24) is 10.2 Å². The maximum absolute atomic E-state index is 12.3. The molecule has 0 aromatic heterocycles. The van der Waals surface area contributed by atoms with Crippen LogP contribution in [0.1, 0.15) is 23.2 Å². The average Bonchev–Trinajstić information content (AvgIpc) is 2.71. The molecule has 2 aromatic carbocycles. The van der Waals surface area contributed by atoms with E-state index in [1.54, 1.807) is 36.2 Å². The van der Waals surface area contributed by atoms with Gasteiger partial charge in [0.2, 0.25) is 5.91 Å². The second kappa shape index (κ2) is 9.46. The molecular weight excluding hydrogens is 380 g/mol. The minimum Gasteiger partial charge on any atom is -0.486 e. The predicted octanol–water partition coefficient (Wildman–Crippen LogP) is 3.15. The minimum atomic E-state index is -0.201. The highest BCUT2D eigenvalue weighted by Gasteiger charge is 2.23. The van der Waals surface area contributed by atoms with Crippen LogP contribution >= 0.6 is 11.6 Å². The second-order valence-electron chi connectivity index (χ2n) is 6.64. The molecule has 7 heteroatoms. The van der Waals surface area contributed by atoms with Crippen molar-refractivity contribution < 1.29 is 19.1 Å². The summed E-state index contributed by atoms with van der Waals surface area (Å²) in [6.45, 7) is 1.29. The summed E-state index contributed by atoms with van der Waals surface area (Å²) in [7, 11) is 1.75. The smallest absolute Gasteiger partial charge is 0.251 e. The Hall–Kier alpha value is -2.73. The van der Waals surface area contributed by atoms with E-state index in [1.165, 1.54) is 0 Å². The van der Waals surface area contributed by atoms with Crippen LogP contribution in [-0.4, -0.2) is 49.6 Å². The fraction of sp³-hybridized carbons (Fsp3) is 0.333. The van der Waals surface area contributed by atoms with Crippen LogP contribution in [0.5, 0.6) is 11.5 Å². The minimum absolute atomic E-state index is 0.00296. The van der Waals surface area contributed by atoms with Crippen LogP contribution in [0.3, 0.4) is 0 Å². The zero-order valence-corrected chi connectivity index (χ0v) is 16.4. The quantitative estimate of drug-likeness (QED) is 0.722. The number of carbonyl (C=O) groups is 2. The van der Waals surface area contributed by atoms with E-state index in [0.717, 1.165) is 5.75 Å². The highest BCUT2D eigenvalue weighted by molar-refractivity contribution is 6.30. The number of hydrogen-bond donors (Lipinski definition) is 1. The lowest BCUT2D eigenvalue weighted by Crippen LogP contribution is -2.41. The number of para-hydroxylation sites is 2. The van der Waals surface area contributed by atoms with Crippen LogP contribution in [0.2, 0.25) is 5.02 Å². The van der Waals surface area contributed by atoms with E-state index < -0.39 is 0 Å². The molecule has 1 unspecified atom stereocenters. The number of fused-ring (bicyclic) bond motifs is 1. The lowest BCUT2D eigenvalue weighted by atomic mass is 10.2. The molecule has 148 valence electrons. The molecule has 0 saturated heterocycles. The van der Waals surface area contributed by atoms with Gasteiger partial charge in [-0.15, -0.1) is 0 Å². The van der Waals surface area contributed by atoms with E-state index in [0.29, 0.717) is 48.9 Å². The molecule has 0 saturated carbocycles.